The van der Waals surface area contributed by atoms with Crippen molar-refractivity contribution in [1.82, 2.24) is 5.32 Å². The lowest BCUT2D eigenvalue weighted by molar-refractivity contribution is 0.480. The van der Waals surface area contributed by atoms with Gasteiger partial charge in [-0.1, -0.05) is 60.7 Å². The third-order valence-electron chi connectivity index (χ3n) is 3.21. The van der Waals surface area contributed by atoms with Gasteiger partial charge in [0.2, 0.25) is 0 Å². The van der Waals surface area contributed by atoms with Crippen LogP contribution in [0, 0.1) is 0 Å². The molecule has 0 aromatic heterocycles. The van der Waals surface area contributed by atoms with Crippen molar-refractivity contribution in [3.05, 3.63) is 71.8 Å². The molecule has 2 atom stereocenters. The first-order chi connectivity index (χ1) is 9.66. The van der Waals surface area contributed by atoms with Gasteiger partial charge in [0.1, 0.15) is 6.17 Å². The monoisotopic (exact) mass is 266 g/mol. The number of hydrogen-bond acceptors (Lipinski definition) is 2. The fourth-order valence-electron chi connectivity index (χ4n) is 2.18. The molecular formula is C18H22N2. The van der Waals surface area contributed by atoms with Crippen molar-refractivity contribution in [1.29, 1.82) is 0 Å². The first-order valence-corrected chi connectivity index (χ1v) is 7.04. The van der Waals surface area contributed by atoms with E-state index >= 15 is 0 Å². The van der Waals surface area contributed by atoms with Crippen LogP contribution in [0.25, 0.3) is 0 Å². The van der Waals surface area contributed by atoms with Gasteiger partial charge in [-0.15, -0.1) is 0 Å². The van der Waals surface area contributed by atoms with Crippen LogP contribution in [-0.2, 0) is 0 Å². The zero-order chi connectivity index (χ0) is 14.4. The second kappa shape index (κ2) is 7.01. The highest BCUT2D eigenvalue weighted by Crippen LogP contribution is 2.20. The molecule has 1 N–H and O–H groups in total. The Hall–Kier alpha value is -1.93. The topological polar surface area (TPSA) is 24.4 Å². The number of rotatable bonds is 5. The molecular weight excluding hydrogens is 244 g/mol. The van der Waals surface area contributed by atoms with Gasteiger partial charge >= 0.3 is 0 Å². The molecule has 2 unspecified atom stereocenters. The lowest BCUT2D eigenvalue weighted by atomic mass is 10.1. The Balaban J connectivity index is 2.19. The summed E-state index contributed by atoms with van der Waals surface area (Å²) in [6.45, 7) is 6.24. The molecule has 104 valence electrons. The van der Waals surface area contributed by atoms with Gasteiger partial charge < -0.3 is 0 Å². The number of nitrogens with zero attached hydrogens (tertiary/aromatic N) is 1. The molecule has 2 rings (SSSR count). The van der Waals surface area contributed by atoms with Crippen LogP contribution in [0.5, 0.6) is 0 Å². The largest absolute Gasteiger partial charge is 0.285 e. The van der Waals surface area contributed by atoms with Crippen LogP contribution in [0.1, 0.15) is 44.1 Å². The minimum atomic E-state index is -0.00333. The molecule has 0 aliphatic heterocycles. The second-order valence-corrected chi connectivity index (χ2v) is 5.19. The summed E-state index contributed by atoms with van der Waals surface area (Å²) < 4.78 is 0. The Labute approximate surface area is 121 Å². The molecule has 0 bridgehead atoms. The Kier molecular flexibility index (Phi) is 5.08. The minimum Gasteiger partial charge on any atom is -0.285 e. The summed E-state index contributed by atoms with van der Waals surface area (Å²) in [5.41, 5.74) is 3.54. The smallest absolute Gasteiger partial charge is 0.125 e. The molecule has 0 fully saturated rings. The zero-order valence-electron chi connectivity index (χ0n) is 12.4. The van der Waals surface area contributed by atoms with Crippen molar-refractivity contribution >= 4 is 5.71 Å². The van der Waals surface area contributed by atoms with Crippen LogP contribution in [-0.4, -0.2) is 5.71 Å². The molecule has 0 amide bonds. The number of hydrogen-bond donors (Lipinski definition) is 1. The Morgan fingerprint density at radius 2 is 1.35 bits per heavy atom. The van der Waals surface area contributed by atoms with E-state index in [1.807, 2.05) is 26.0 Å². The van der Waals surface area contributed by atoms with Crippen LogP contribution in [0.2, 0.25) is 0 Å². The average molecular weight is 266 g/mol. The molecule has 0 spiro atoms. The summed E-state index contributed by atoms with van der Waals surface area (Å²) in [6.07, 6.45) is -0.00333. The van der Waals surface area contributed by atoms with Crippen LogP contribution in [0.4, 0.5) is 0 Å². The Bertz CT molecular complexity index is 542. The fourth-order valence-corrected chi connectivity index (χ4v) is 2.18. The maximum absolute atomic E-state index is 4.72. The first-order valence-electron chi connectivity index (χ1n) is 7.04. The third-order valence-corrected chi connectivity index (χ3v) is 3.21. The standard InChI is InChI=1S/C18H22N2/c1-14(2)19-18(17-12-8-5-9-13-17)20-15(3)16-10-6-4-7-11-16/h4-13,15,18,20H,1-3H3. The van der Waals surface area contributed by atoms with E-state index in [-0.39, 0.29) is 12.2 Å². The highest BCUT2D eigenvalue weighted by molar-refractivity contribution is 5.79. The summed E-state index contributed by atoms with van der Waals surface area (Å²) in [5, 5.41) is 3.59. The van der Waals surface area contributed by atoms with Gasteiger partial charge in [-0.05, 0) is 31.9 Å². The average Bonchev–Trinajstić information content (AvgIpc) is 2.48. The van der Waals surface area contributed by atoms with Crippen LogP contribution >= 0.6 is 0 Å². The van der Waals surface area contributed by atoms with Crippen molar-refractivity contribution in [2.75, 3.05) is 0 Å². The number of aliphatic imine (C=N–C) groups is 1. The summed E-state index contributed by atoms with van der Waals surface area (Å²) in [5.74, 6) is 0. The molecule has 20 heavy (non-hydrogen) atoms. The van der Waals surface area contributed by atoms with E-state index in [0.717, 1.165) is 5.71 Å². The van der Waals surface area contributed by atoms with E-state index < -0.39 is 0 Å². The van der Waals surface area contributed by atoms with Gasteiger partial charge in [-0.2, -0.15) is 0 Å². The number of benzene rings is 2. The predicted octanol–water partition coefficient (Wildman–Crippen LogP) is 4.52. The molecule has 2 nitrogen and oxygen atoms in total. The third kappa shape index (κ3) is 4.04. The highest BCUT2D eigenvalue weighted by atomic mass is 15.1. The molecule has 0 saturated heterocycles. The lowest BCUT2D eigenvalue weighted by Crippen LogP contribution is -2.24. The van der Waals surface area contributed by atoms with Gasteiger partial charge in [0.15, 0.2) is 0 Å². The van der Waals surface area contributed by atoms with E-state index in [1.165, 1.54) is 11.1 Å². The van der Waals surface area contributed by atoms with Crippen molar-refractivity contribution in [2.24, 2.45) is 4.99 Å². The maximum atomic E-state index is 4.72. The highest BCUT2D eigenvalue weighted by Gasteiger charge is 2.13. The summed E-state index contributed by atoms with van der Waals surface area (Å²) in [7, 11) is 0. The lowest BCUT2D eigenvalue weighted by Gasteiger charge is -2.21. The molecule has 0 aliphatic rings. The SMILES string of the molecule is CC(C)=NC(NC(C)c1ccccc1)c1ccccc1. The van der Waals surface area contributed by atoms with E-state index in [4.69, 9.17) is 4.99 Å². The molecule has 2 aromatic carbocycles. The summed E-state index contributed by atoms with van der Waals surface area (Å²) in [4.78, 5) is 4.72. The van der Waals surface area contributed by atoms with Gasteiger partial charge in [0.25, 0.3) is 0 Å². The molecule has 2 aromatic rings. The van der Waals surface area contributed by atoms with Crippen molar-refractivity contribution in [3.8, 4) is 0 Å². The maximum Gasteiger partial charge on any atom is 0.125 e. The van der Waals surface area contributed by atoms with Crippen LogP contribution in [0.15, 0.2) is 65.7 Å². The summed E-state index contributed by atoms with van der Waals surface area (Å²) in [6, 6.07) is 21.1. The Morgan fingerprint density at radius 3 is 1.85 bits per heavy atom. The first kappa shape index (κ1) is 14.5. The van der Waals surface area contributed by atoms with Gasteiger partial charge in [-0.3, -0.25) is 10.3 Å². The van der Waals surface area contributed by atoms with Gasteiger partial charge in [0.05, 0.1) is 0 Å². The minimum absolute atomic E-state index is 0.00333. The molecule has 0 heterocycles. The van der Waals surface area contributed by atoms with Crippen LogP contribution < -0.4 is 5.32 Å². The summed E-state index contributed by atoms with van der Waals surface area (Å²) >= 11 is 0. The van der Waals surface area contributed by atoms with Gasteiger partial charge in [0, 0.05) is 11.8 Å². The van der Waals surface area contributed by atoms with Crippen molar-refractivity contribution in [3.63, 3.8) is 0 Å². The fraction of sp³-hybridized carbons (Fsp3) is 0.278. The molecule has 0 saturated carbocycles. The van der Waals surface area contributed by atoms with E-state index in [2.05, 4.69) is 60.8 Å². The molecule has 0 aliphatic carbocycles. The van der Waals surface area contributed by atoms with E-state index in [9.17, 15) is 0 Å². The Morgan fingerprint density at radius 1 is 0.850 bits per heavy atom. The van der Waals surface area contributed by atoms with Gasteiger partial charge in [-0.25, -0.2) is 0 Å². The predicted molar refractivity (Wildman–Crippen MR) is 86.0 cm³/mol. The molecule has 2 heteroatoms. The normalized spacial score (nSPS) is 13.6. The zero-order valence-corrected chi connectivity index (χ0v) is 12.4. The quantitative estimate of drug-likeness (QED) is 0.791. The van der Waals surface area contributed by atoms with E-state index in [1.54, 1.807) is 0 Å². The van der Waals surface area contributed by atoms with E-state index in [0.29, 0.717) is 0 Å². The van der Waals surface area contributed by atoms with Crippen molar-refractivity contribution < 1.29 is 0 Å². The second-order valence-electron chi connectivity index (χ2n) is 5.19. The number of nitrogens with one attached hydrogen (secondary N) is 1. The molecule has 0 radical (unpaired) electrons. The van der Waals surface area contributed by atoms with Crippen LogP contribution in [0.3, 0.4) is 0 Å². The van der Waals surface area contributed by atoms with Crippen molar-refractivity contribution in [2.45, 2.75) is 33.0 Å².